The Morgan fingerprint density at radius 1 is 1.27 bits per heavy atom. The molecule has 1 atom stereocenters. The molecule has 2 heterocycles. The predicted molar refractivity (Wildman–Crippen MR) is 109 cm³/mol. The van der Waals surface area contributed by atoms with Crippen LogP contribution in [0.2, 0.25) is 0 Å². The highest BCUT2D eigenvalue weighted by molar-refractivity contribution is 6.00. The third-order valence-electron chi connectivity index (χ3n) is 4.45. The molecule has 3 N–H and O–H groups in total. The van der Waals surface area contributed by atoms with Gasteiger partial charge < -0.3 is 15.4 Å². The fraction of sp³-hybridized carbons (Fsp3) is 0.421. The first-order valence-electron chi connectivity index (χ1n) is 9.22. The van der Waals surface area contributed by atoms with E-state index in [1.165, 1.54) is 18.5 Å². The average Bonchev–Trinajstić information content (AvgIpc) is 2.69. The van der Waals surface area contributed by atoms with Gasteiger partial charge in [-0.25, -0.2) is 9.78 Å². The number of nitrogens with zero attached hydrogens (tertiary/aromatic N) is 2. The Morgan fingerprint density at radius 2 is 2.07 bits per heavy atom. The van der Waals surface area contributed by atoms with Gasteiger partial charge in [-0.1, -0.05) is 0 Å². The van der Waals surface area contributed by atoms with Crippen molar-refractivity contribution < 1.29 is 22.7 Å². The first-order chi connectivity index (χ1) is 13.8. The summed E-state index contributed by atoms with van der Waals surface area (Å²) in [6.45, 7) is 3.82. The number of halogens is 4. The van der Waals surface area contributed by atoms with Gasteiger partial charge in [-0.15, -0.1) is 12.4 Å². The third kappa shape index (κ3) is 6.74. The van der Waals surface area contributed by atoms with Crippen molar-refractivity contribution in [2.24, 2.45) is 5.92 Å². The van der Waals surface area contributed by atoms with Crippen molar-refractivity contribution in [2.45, 2.75) is 25.9 Å². The van der Waals surface area contributed by atoms with E-state index in [4.69, 9.17) is 4.74 Å². The summed E-state index contributed by atoms with van der Waals surface area (Å²) < 4.78 is 45.0. The smallest absolute Gasteiger partial charge is 0.416 e. The molecule has 0 unspecified atom stereocenters. The molecule has 1 aromatic carbocycles. The fourth-order valence-corrected chi connectivity index (χ4v) is 2.93. The van der Waals surface area contributed by atoms with Crippen LogP contribution in [0.3, 0.4) is 0 Å². The van der Waals surface area contributed by atoms with Crippen molar-refractivity contribution in [3.8, 4) is 5.75 Å². The van der Waals surface area contributed by atoms with Gasteiger partial charge in [0.05, 0.1) is 35.9 Å². The Hall–Kier alpha value is -2.59. The molecule has 2 aromatic rings. The Morgan fingerprint density at radius 3 is 2.70 bits per heavy atom. The van der Waals surface area contributed by atoms with Crippen LogP contribution in [0, 0.1) is 12.8 Å². The quantitative estimate of drug-likeness (QED) is 0.640. The van der Waals surface area contributed by atoms with Crippen molar-refractivity contribution in [3.63, 3.8) is 0 Å². The number of rotatable bonds is 5. The second kappa shape index (κ2) is 10.4. The second-order valence-electron chi connectivity index (χ2n) is 6.85. The number of carbonyl (C=O) groups excluding carboxylic acids is 1. The maximum absolute atomic E-state index is 13.1. The number of aryl methyl sites for hydroxylation is 1. The van der Waals surface area contributed by atoms with Gasteiger partial charge >= 0.3 is 12.2 Å². The number of hydrogen-bond acceptors (Lipinski definition) is 5. The van der Waals surface area contributed by atoms with E-state index >= 15 is 0 Å². The zero-order chi connectivity index (χ0) is 20.9. The van der Waals surface area contributed by atoms with E-state index in [1.54, 1.807) is 6.92 Å². The Bertz CT molecular complexity index is 843. The van der Waals surface area contributed by atoms with E-state index in [1.807, 2.05) is 0 Å². The Balaban J connectivity index is 0.00000320. The SMILES string of the molecule is Cc1cnc(NC(=O)Nc2cc(C(F)(F)F)ccc2OC[C@@H]2CCCNC2)cn1.Cl. The molecule has 0 radical (unpaired) electrons. The molecule has 30 heavy (non-hydrogen) atoms. The van der Waals surface area contributed by atoms with Gasteiger partial charge in [-0.2, -0.15) is 13.2 Å². The van der Waals surface area contributed by atoms with Crippen LogP contribution in [0.1, 0.15) is 24.1 Å². The minimum atomic E-state index is -4.54. The molecule has 0 saturated carbocycles. The highest BCUT2D eigenvalue weighted by atomic mass is 35.5. The number of benzene rings is 1. The van der Waals surface area contributed by atoms with E-state index in [0.29, 0.717) is 12.3 Å². The summed E-state index contributed by atoms with van der Waals surface area (Å²) in [5.74, 6) is 0.611. The van der Waals surface area contributed by atoms with Gasteiger partial charge in [-0.3, -0.25) is 10.3 Å². The molecular formula is C19H23ClF3N5O2. The number of hydrogen-bond donors (Lipinski definition) is 3. The number of amides is 2. The fourth-order valence-electron chi connectivity index (χ4n) is 2.93. The lowest BCUT2D eigenvalue weighted by Crippen LogP contribution is -2.33. The number of carbonyl (C=O) groups is 1. The van der Waals surface area contributed by atoms with Crippen molar-refractivity contribution in [1.82, 2.24) is 15.3 Å². The lowest BCUT2D eigenvalue weighted by atomic mass is 10.0. The standard InChI is InChI=1S/C19H22F3N5O2.ClH/c1-12-8-25-17(10-24-12)27-18(28)26-15-7-14(19(20,21)22)4-5-16(15)29-11-13-3-2-6-23-9-13;/h4-5,7-8,10,13,23H,2-3,6,9,11H2,1H3,(H2,25,26,27,28);1H/t13-;/m1./s1. The molecular weight excluding hydrogens is 423 g/mol. The van der Waals surface area contributed by atoms with Crippen molar-refractivity contribution in [1.29, 1.82) is 0 Å². The molecule has 0 aliphatic carbocycles. The van der Waals surface area contributed by atoms with Gasteiger partial charge in [0.15, 0.2) is 5.82 Å². The normalized spacial score (nSPS) is 16.3. The van der Waals surface area contributed by atoms with E-state index in [-0.39, 0.29) is 35.6 Å². The molecule has 11 heteroatoms. The second-order valence-corrected chi connectivity index (χ2v) is 6.85. The zero-order valence-corrected chi connectivity index (χ0v) is 17.1. The molecule has 7 nitrogen and oxygen atoms in total. The summed E-state index contributed by atoms with van der Waals surface area (Å²) in [5, 5.41) is 8.11. The van der Waals surface area contributed by atoms with Gasteiger partial charge in [0.1, 0.15) is 5.75 Å². The van der Waals surface area contributed by atoms with Crippen molar-refractivity contribution in [2.75, 3.05) is 30.3 Å². The number of urea groups is 1. The lowest BCUT2D eigenvalue weighted by Gasteiger charge is -2.23. The van der Waals surface area contributed by atoms with Crippen LogP contribution in [0.4, 0.5) is 29.5 Å². The highest BCUT2D eigenvalue weighted by Crippen LogP contribution is 2.35. The van der Waals surface area contributed by atoms with E-state index in [0.717, 1.165) is 38.1 Å². The maximum atomic E-state index is 13.1. The summed E-state index contributed by atoms with van der Waals surface area (Å²) in [4.78, 5) is 20.2. The average molecular weight is 446 g/mol. The van der Waals surface area contributed by atoms with Crippen LogP contribution in [0.15, 0.2) is 30.6 Å². The largest absolute Gasteiger partial charge is 0.491 e. The van der Waals surface area contributed by atoms with Gasteiger partial charge in [0.25, 0.3) is 0 Å². The van der Waals surface area contributed by atoms with Crippen LogP contribution in [-0.4, -0.2) is 35.7 Å². The molecule has 1 aliphatic rings. The monoisotopic (exact) mass is 445 g/mol. The Kier molecular flexibility index (Phi) is 8.24. The highest BCUT2D eigenvalue weighted by Gasteiger charge is 2.31. The molecule has 0 bridgehead atoms. The van der Waals surface area contributed by atoms with Crippen LogP contribution in [0.25, 0.3) is 0 Å². The van der Waals surface area contributed by atoms with Crippen LogP contribution >= 0.6 is 12.4 Å². The number of ether oxygens (including phenoxy) is 1. The molecule has 1 fully saturated rings. The molecule has 1 aromatic heterocycles. The third-order valence-corrected chi connectivity index (χ3v) is 4.45. The predicted octanol–water partition coefficient (Wildman–Crippen LogP) is 4.25. The maximum Gasteiger partial charge on any atom is 0.416 e. The number of piperidine rings is 1. The molecule has 164 valence electrons. The summed E-state index contributed by atoms with van der Waals surface area (Å²) >= 11 is 0. The Labute approximate surface area is 178 Å². The number of nitrogens with one attached hydrogen (secondary N) is 3. The van der Waals surface area contributed by atoms with Gasteiger partial charge in [0, 0.05) is 12.5 Å². The number of alkyl halides is 3. The van der Waals surface area contributed by atoms with Gasteiger partial charge in [-0.05, 0) is 44.5 Å². The zero-order valence-electron chi connectivity index (χ0n) is 16.3. The minimum Gasteiger partial charge on any atom is -0.491 e. The van der Waals surface area contributed by atoms with Crippen LogP contribution in [-0.2, 0) is 6.18 Å². The van der Waals surface area contributed by atoms with E-state index in [9.17, 15) is 18.0 Å². The van der Waals surface area contributed by atoms with E-state index < -0.39 is 17.8 Å². The van der Waals surface area contributed by atoms with Crippen LogP contribution < -0.4 is 20.7 Å². The lowest BCUT2D eigenvalue weighted by molar-refractivity contribution is -0.137. The topological polar surface area (TPSA) is 88.2 Å². The molecule has 2 amide bonds. The molecule has 3 rings (SSSR count). The van der Waals surface area contributed by atoms with Gasteiger partial charge in [0.2, 0.25) is 0 Å². The van der Waals surface area contributed by atoms with Crippen LogP contribution in [0.5, 0.6) is 5.75 Å². The first-order valence-corrected chi connectivity index (χ1v) is 9.22. The summed E-state index contributed by atoms with van der Waals surface area (Å²) in [6.07, 6.45) is 0.275. The van der Waals surface area contributed by atoms with E-state index in [2.05, 4.69) is 25.9 Å². The summed E-state index contributed by atoms with van der Waals surface area (Å²) in [6, 6.07) is 2.27. The summed E-state index contributed by atoms with van der Waals surface area (Å²) in [7, 11) is 0. The van der Waals surface area contributed by atoms with Crippen molar-refractivity contribution >= 4 is 29.9 Å². The number of anilines is 2. The minimum absolute atomic E-state index is 0. The van der Waals surface area contributed by atoms with Crippen molar-refractivity contribution in [3.05, 3.63) is 41.9 Å². The molecule has 1 saturated heterocycles. The molecule has 1 aliphatic heterocycles. The molecule has 0 spiro atoms. The first kappa shape index (κ1) is 23.7. The number of aromatic nitrogens is 2. The summed E-state index contributed by atoms with van der Waals surface area (Å²) in [5.41, 5.74) is -0.280.